The number of aromatic nitrogens is 6. The van der Waals surface area contributed by atoms with Crippen molar-refractivity contribution in [2.24, 2.45) is 0 Å². The van der Waals surface area contributed by atoms with Gasteiger partial charge in [-0.15, -0.1) is 10.2 Å². The molecule has 0 aliphatic rings. The molecule has 162 valence electrons. The third-order valence-electron chi connectivity index (χ3n) is 5.64. The van der Waals surface area contributed by atoms with Crippen molar-refractivity contribution in [3.05, 3.63) is 95.5 Å². The van der Waals surface area contributed by atoms with E-state index in [1.807, 2.05) is 6.20 Å². The average Bonchev–Trinajstić information content (AvgIpc) is 3.55. The van der Waals surface area contributed by atoms with E-state index in [1.54, 1.807) is 18.1 Å². The van der Waals surface area contributed by atoms with Gasteiger partial charge in [-0.05, 0) is 37.0 Å². The molecule has 0 unspecified atom stereocenters. The predicted molar refractivity (Wildman–Crippen MR) is 129 cm³/mol. The fourth-order valence-electron chi connectivity index (χ4n) is 4.03. The number of aryl methyl sites for hydroxylation is 2. The first-order chi connectivity index (χ1) is 15.8. The lowest BCUT2D eigenvalue weighted by atomic mass is 10.1. The summed E-state index contributed by atoms with van der Waals surface area (Å²) in [5.41, 5.74) is 6.07. The van der Waals surface area contributed by atoms with Crippen molar-refractivity contribution in [1.29, 1.82) is 0 Å². The maximum absolute atomic E-state index is 4.60. The molecule has 0 radical (unpaired) electrons. The molecule has 0 aliphatic carbocycles. The Balaban J connectivity index is 1.37. The van der Waals surface area contributed by atoms with Gasteiger partial charge in [0.2, 0.25) is 0 Å². The third-order valence-corrected chi connectivity index (χ3v) is 6.67. The van der Waals surface area contributed by atoms with Crippen molar-refractivity contribution >= 4 is 22.7 Å². The van der Waals surface area contributed by atoms with Gasteiger partial charge in [0.1, 0.15) is 5.82 Å². The highest BCUT2D eigenvalue weighted by Crippen LogP contribution is 2.26. The van der Waals surface area contributed by atoms with Gasteiger partial charge in [0.05, 0.1) is 12.0 Å². The van der Waals surface area contributed by atoms with E-state index in [-0.39, 0.29) is 0 Å². The second kappa shape index (κ2) is 9.44. The lowest BCUT2D eigenvalue weighted by Crippen LogP contribution is -2.07. The van der Waals surface area contributed by atoms with Crippen LogP contribution in [0.25, 0.3) is 10.9 Å². The van der Waals surface area contributed by atoms with E-state index in [2.05, 4.69) is 91.4 Å². The van der Waals surface area contributed by atoms with Gasteiger partial charge in [0, 0.05) is 42.0 Å². The molecule has 0 saturated heterocycles. The monoisotopic (exact) mass is 442 g/mol. The molecular formula is C25H26N6S. The Morgan fingerprint density at radius 1 is 1.03 bits per heavy atom. The topological polar surface area (TPSA) is 75.2 Å². The number of fused-ring (bicyclic) bond motifs is 1. The molecule has 0 atom stereocenters. The molecule has 0 saturated carbocycles. The minimum Gasteiger partial charge on any atom is -0.361 e. The molecule has 3 heterocycles. The number of nitrogens with zero attached hydrogens (tertiary/aromatic N) is 4. The Labute approximate surface area is 191 Å². The van der Waals surface area contributed by atoms with Gasteiger partial charge in [0.15, 0.2) is 5.16 Å². The molecule has 0 fully saturated rings. The number of nitrogens with one attached hydrogen (secondary N) is 2. The first-order valence-corrected chi connectivity index (χ1v) is 11.9. The van der Waals surface area contributed by atoms with Crippen LogP contribution in [0.3, 0.4) is 0 Å². The number of hydrogen-bond acceptors (Lipinski definition) is 4. The van der Waals surface area contributed by atoms with E-state index in [4.69, 9.17) is 0 Å². The van der Waals surface area contributed by atoms with Crippen LogP contribution in [0.1, 0.15) is 34.6 Å². The number of para-hydroxylation sites is 1. The van der Waals surface area contributed by atoms with Crippen LogP contribution in [0, 0.1) is 6.92 Å². The first-order valence-electron chi connectivity index (χ1n) is 10.9. The Bertz CT molecular complexity index is 1300. The van der Waals surface area contributed by atoms with Crippen molar-refractivity contribution in [3.63, 3.8) is 0 Å². The van der Waals surface area contributed by atoms with Crippen LogP contribution in [-0.4, -0.2) is 29.7 Å². The van der Waals surface area contributed by atoms with Gasteiger partial charge in [0.25, 0.3) is 0 Å². The van der Waals surface area contributed by atoms with E-state index in [1.165, 1.54) is 22.1 Å². The van der Waals surface area contributed by atoms with Crippen LogP contribution < -0.4 is 0 Å². The first kappa shape index (κ1) is 20.6. The summed E-state index contributed by atoms with van der Waals surface area (Å²) >= 11 is 1.75. The fourth-order valence-corrected chi connectivity index (χ4v) is 4.95. The van der Waals surface area contributed by atoms with Gasteiger partial charge in [-0.1, -0.05) is 59.8 Å². The smallest absolute Gasteiger partial charge is 0.191 e. The maximum Gasteiger partial charge on any atom is 0.191 e. The average molecular weight is 443 g/mol. The van der Waals surface area contributed by atoms with E-state index >= 15 is 0 Å². The Hall–Kier alpha value is -3.32. The molecule has 5 aromatic rings. The second-order valence-corrected chi connectivity index (χ2v) is 8.97. The zero-order valence-electron chi connectivity index (χ0n) is 18.1. The van der Waals surface area contributed by atoms with Crippen LogP contribution in [-0.2, 0) is 25.1 Å². The summed E-state index contributed by atoms with van der Waals surface area (Å²) in [6, 6.07) is 17.1. The van der Waals surface area contributed by atoms with Crippen LogP contribution in [0.2, 0.25) is 0 Å². The van der Waals surface area contributed by atoms with Gasteiger partial charge >= 0.3 is 0 Å². The van der Waals surface area contributed by atoms with Crippen LogP contribution in [0.4, 0.5) is 0 Å². The number of rotatable bonds is 9. The highest BCUT2D eigenvalue weighted by atomic mass is 32.2. The molecule has 5 rings (SSSR count). The van der Waals surface area contributed by atoms with E-state index < -0.39 is 0 Å². The molecule has 3 aromatic heterocycles. The van der Waals surface area contributed by atoms with E-state index in [9.17, 15) is 0 Å². The number of hydrogen-bond donors (Lipinski definition) is 2. The highest BCUT2D eigenvalue weighted by Gasteiger charge is 2.15. The van der Waals surface area contributed by atoms with Gasteiger partial charge in [-0.25, -0.2) is 4.98 Å². The molecule has 0 amide bonds. The van der Waals surface area contributed by atoms with Crippen molar-refractivity contribution < 1.29 is 0 Å². The minimum absolute atomic E-state index is 0.754. The Kier molecular flexibility index (Phi) is 6.07. The molecular weight excluding hydrogens is 416 g/mol. The summed E-state index contributed by atoms with van der Waals surface area (Å²) in [5, 5.41) is 11.4. The lowest BCUT2D eigenvalue weighted by Gasteiger charge is -2.10. The van der Waals surface area contributed by atoms with E-state index in [0.717, 1.165) is 53.8 Å². The summed E-state index contributed by atoms with van der Waals surface area (Å²) in [7, 11) is 0. The second-order valence-electron chi connectivity index (χ2n) is 8.03. The molecule has 0 aliphatic heterocycles. The number of thioether (sulfide) groups is 1. The Morgan fingerprint density at radius 2 is 1.97 bits per heavy atom. The summed E-state index contributed by atoms with van der Waals surface area (Å²) in [6.45, 7) is 3.00. The fraction of sp³-hybridized carbons (Fsp3) is 0.240. The molecule has 0 bridgehead atoms. The SMILES string of the molecule is Cc1cccc(CSc2nnc(Cc3c[nH]c4ccccc34)n2CCCc2c[nH]cn2)c1. The summed E-state index contributed by atoms with van der Waals surface area (Å²) in [6.07, 6.45) is 8.46. The normalized spacial score (nSPS) is 11.4. The Morgan fingerprint density at radius 3 is 2.84 bits per heavy atom. The zero-order valence-corrected chi connectivity index (χ0v) is 18.9. The molecule has 2 N–H and O–H groups in total. The third kappa shape index (κ3) is 4.62. The van der Waals surface area contributed by atoms with Gasteiger partial charge < -0.3 is 14.5 Å². The molecule has 0 spiro atoms. The van der Waals surface area contributed by atoms with Gasteiger partial charge in [-0.3, -0.25) is 0 Å². The van der Waals surface area contributed by atoms with Crippen LogP contribution in [0.5, 0.6) is 0 Å². The maximum atomic E-state index is 4.60. The van der Waals surface area contributed by atoms with Crippen LogP contribution >= 0.6 is 11.8 Å². The molecule has 32 heavy (non-hydrogen) atoms. The number of H-pyrrole nitrogens is 2. The zero-order chi connectivity index (χ0) is 21.8. The quantitative estimate of drug-likeness (QED) is 0.304. The standard InChI is InChI=1S/C25H26N6S/c1-18-6-4-7-19(12-18)16-32-25-30-29-24(31(25)11-5-8-21-15-26-17-28-21)13-20-14-27-23-10-3-2-9-22(20)23/h2-4,6-7,9-10,12,14-15,17,27H,5,8,11,13,16H2,1H3,(H,26,28). The highest BCUT2D eigenvalue weighted by molar-refractivity contribution is 7.98. The summed E-state index contributed by atoms with van der Waals surface area (Å²) in [4.78, 5) is 10.8. The number of aromatic amines is 2. The van der Waals surface area contributed by atoms with Crippen molar-refractivity contribution in [2.75, 3.05) is 0 Å². The lowest BCUT2D eigenvalue weighted by molar-refractivity contribution is 0.572. The number of benzene rings is 2. The summed E-state index contributed by atoms with van der Waals surface area (Å²) in [5.74, 6) is 1.88. The van der Waals surface area contributed by atoms with Crippen molar-refractivity contribution in [2.45, 2.75) is 43.6 Å². The van der Waals surface area contributed by atoms with Crippen molar-refractivity contribution in [1.82, 2.24) is 29.7 Å². The minimum atomic E-state index is 0.754. The molecule has 6 nitrogen and oxygen atoms in total. The van der Waals surface area contributed by atoms with Gasteiger partial charge in [-0.2, -0.15) is 0 Å². The number of imidazole rings is 1. The van der Waals surface area contributed by atoms with Crippen LogP contribution in [0.15, 0.2) is 72.4 Å². The van der Waals surface area contributed by atoms with E-state index in [0.29, 0.717) is 0 Å². The van der Waals surface area contributed by atoms with Crippen molar-refractivity contribution in [3.8, 4) is 0 Å². The molecule has 2 aromatic carbocycles. The summed E-state index contributed by atoms with van der Waals surface area (Å²) < 4.78 is 2.29. The largest absolute Gasteiger partial charge is 0.361 e. The predicted octanol–water partition coefficient (Wildman–Crippen LogP) is 5.31. The molecule has 7 heteroatoms.